The van der Waals surface area contributed by atoms with Crippen molar-refractivity contribution >= 4 is 11.9 Å². The molecule has 2 atom stereocenters. The maximum absolute atomic E-state index is 12.0. The van der Waals surface area contributed by atoms with Crippen molar-refractivity contribution in [1.29, 1.82) is 0 Å². The number of ether oxygens (including phenoxy) is 2. The highest BCUT2D eigenvalue weighted by Crippen LogP contribution is 2.23. The minimum atomic E-state index is -0.446. The molecular formula is C15H28O4. The Bertz CT molecular complexity index is 273. The molecule has 0 aromatic carbocycles. The topological polar surface area (TPSA) is 52.6 Å². The van der Waals surface area contributed by atoms with Gasteiger partial charge >= 0.3 is 11.9 Å². The first-order valence-electron chi connectivity index (χ1n) is 7.27. The van der Waals surface area contributed by atoms with Crippen molar-refractivity contribution in [3.8, 4) is 0 Å². The van der Waals surface area contributed by atoms with Gasteiger partial charge < -0.3 is 9.47 Å². The van der Waals surface area contributed by atoms with E-state index in [9.17, 15) is 9.59 Å². The summed E-state index contributed by atoms with van der Waals surface area (Å²) in [6, 6.07) is 0. The van der Waals surface area contributed by atoms with Crippen LogP contribution >= 0.6 is 0 Å². The molecule has 0 aromatic heterocycles. The SMILES string of the molecule is CCCOC(=O)C(C)C(CC(C)C)C(=O)OCCC. The molecule has 0 radical (unpaired) electrons. The van der Waals surface area contributed by atoms with Crippen LogP contribution in [-0.2, 0) is 19.1 Å². The molecule has 0 bridgehead atoms. The summed E-state index contributed by atoms with van der Waals surface area (Å²) in [4.78, 5) is 23.9. The molecule has 0 aliphatic rings. The van der Waals surface area contributed by atoms with Crippen LogP contribution in [0.25, 0.3) is 0 Å². The van der Waals surface area contributed by atoms with E-state index in [0.717, 1.165) is 12.8 Å². The van der Waals surface area contributed by atoms with Gasteiger partial charge in [-0.1, -0.05) is 34.6 Å². The predicted octanol–water partition coefficient (Wildman–Crippen LogP) is 3.19. The van der Waals surface area contributed by atoms with Crippen LogP contribution in [0, 0.1) is 17.8 Å². The Morgan fingerprint density at radius 2 is 1.37 bits per heavy atom. The van der Waals surface area contributed by atoms with Crippen molar-refractivity contribution in [3.05, 3.63) is 0 Å². The number of carbonyl (C=O) groups is 2. The summed E-state index contributed by atoms with van der Waals surface area (Å²) in [6.45, 7) is 10.5. The molecule has 0 saturated heterocycles. The molecular weight excluding hydrogens is 244 g/mol. The van der Waals surface area contributed by atoms with Gasteiger partial charge in [0.1, 0.15) is 0 Å². The van der Waals surface area contributed by atoms with Gasteiger partial charge in [0.15, 0.2) is 0 Å². The second kappa shape index (κ2) is 9.82. The molecule has 0 amide bonds. The molecule has 0 N–H and O–H groups in total. The highest BCUT2D eigenvalue weighted by molar-refractivity contribution is 5.81. The molecule has 0 heterocycles. The Morgan fingerprint density at radius 3 is 1.79 bits per heavy atom. The van der Waals surface area contributed by atoms with Crippen LogP contribution in [0.4, 0.5) is 0 Å². The Kier molecular flexibility index (Phi) is 9.27. The second-order valence-electron chi connectivity index (χ2n) is 5.36. The van der Waals surface area contributed by atoms with Crippen LogP contribution in [0.3, 0.4) is 0 Å². The number of rotatable bonds is 9. The first-order chi connectivity index (χ1) is 8.93. The van der Waals surface area contributed by atoms with Gasteiger partial charge in [0.2, 0.25) is 0 Å². The van der Waals surface area contributed by atoms with E-state index in [1.54, 1.807) is 6.92 Å². The minimum absolute atomic E-state index is 0.281. The van der Waals surface area contributed by atoms with Gasteiger partial charge in [0.25, 0.3) is 0 Å². The molecule has 112 valence electrons. The van der Waals surface area contributed by atoms with Crippen LogP contribution in [-0.4, -0.2) is 25.2 Å². The summed E-state index contributed by atoms with van der Waals surface area (Å²) in [5.41, 5.74) is 0. The maximum Gasteiger partial charge on any atom is 0.309 e. The number of hydrogen-bond acceptors (Lipinski definition) is 4. The lowest BCUT2D eigenvalue weighted by molar-refractivity contribution is -0.160. The van der Waals surface area contributed by atoms with E-state index in [1.165, 1.54) is 0 Å². The fourth-order valence-electron chi connectivity index (χ4n) is 1.82. The zero-order valence-electron chi connectivity index (χ0n) is 12.9. The van der Waals surface area contributed by atoms with Gasteiger partial charge in [-0.05, 0) is 25.2 Å². The zero-order valence-corrected chi connectivity index (χ0v) is 12.9. The molecule has 0 aromatic rings. The average molecular weight is 272 g/mol. The second-order valence-corrected chi connectivity index (χ2v) is 5.36. The summed E-state index contributed by atoms with van der Waals surface area (Å²) < 4.78 is 10.3. The summed E-state index contributed by atoms with van der Waals surface area (Å²) in [7, 11) is 0. The van der Waals surface area contributed by atoms with Crippen molar-refractivity contribution in [2.24, 2.45) is 17.8 Å². The molecule has 19 heavy (non-hydrogen) atoms. The van der Waals surface area contributed by atoms with E-state index >= 15 is 0 Å². The van der Waals surface area contributed by atoms with Gasteiger partial charge in [-0.3, -0.25) is 9.59 Å². The monoisotopic (exact) mass is 272 g/mol. The molecule has 0 fully saturated rings. The molecule has 2 unspecified atom stereocenters. The summed E-state index contributed by atoms with van der Waals surface area (Å²) >= 11 is 0. The Balaban J connectivity index is 4.62. The highest BCUT2D eigenvalue weighted by Gasteiger charge is 2.32. The average Bonchev–Trinajstić information content (AvgIpc) is 2.38. The van der Waals surface area contributed by atoms with E-state index in [1.807, 2.05) is 27.7 Å². The van der Waals surface area contributed by atoms with Crippen molar-refractivity contribution in [1.82, 2.24) is 0 Å². The summed E-state index contributed by atoms with van der Waals surface area (Å²) in [5.74, 6) is -1.10. The maximum atomic E-state index is 12.0. The molecule has 0 saturated carbocycles. The van der Waals surface area contributed by atoms with Crippen molar-refractivity contribution < 1.29 is 19.1 Å². The van der Waals surface area contributed by atoms with Crippen LogP contribution in [0.2, 0.25) is 0 Å². The van der Waals surface area contributed by atoms with Gasteiger partial charge in [-0.2, -0.15) is 0 Å². The molecule has 4 heteroatoms. The van der Waals surface area contributed by atoms with Gasteiger partial charge in [-0.15, -0.1) is 0 Å². The van der Waals surface area contributed by atoms with Crippen molar-refractivity contribution in [2.45, 2.75) is 53.9 Å². The largest absolute Gasteiger partial charge is 0.465 e. The van der Waals surface area contributed by atoms with Gasteiger partial charge in [-0.25, -0.2) is 0 Å². The molecule has 0 aliphatic heterocycles. The predicted molar refractivity (Wildman–Crippen MR) is 74.6 cm³/mol. The molecule has 0 aliphatic carbocycles. The van der Waals surface area contributed by atoms with E-state index in [0.29, 0.717) is 25.6 Å². The normalized spacial score (nSPS) is 14.0. The van der Waals surface area contributed by atoms with Gasteiger partial charge in [0.05, 0.1) is 25.0 Å². The number of esters is 2. The fourth-order valence-corrected chi connectivity index (χ4v) is 1.82. The number of carbonyl (C=O) groups excluding carboxylic acids is 2. The van der Waals surface area contributed by atoms with E-state index in [-0.39, 0.29) is 11.9 Å². The van der Waals surface area contributed by atoms with Crippen molar-refractivity contribution in [2.75, 3.05) is 13.2 Å². The zero-order chi connectivity index (χ0) is 14.8. The quantitative estimate of drug-likeness (QED) is 0.605. The van der Waals surface area contributed by atoms with Crippen LogP contribution in [0.1, 0.15) is 53.9 Å². The molecule has 0 rings (SSSR count). The third kappa shape index (κ3) is 7.19. The summed E-state index contributed by atoms with van der Waals surface area (Å²) in [6.07, 6.45) is 2.22. The van der Waals surface area contributed by atoms with Crippen LogP contribution in [0.15, 0.2) is 0 Å². The van der Waals surface area contributed by atoms with Crippen molar-refractivity contribution in [3.63, 3.8) is 0 Å². The van der Waals surface area contributed by atoms with Crippen LogP contribution in [0.5, 0.6) is 0 Å². The van der Waals surface area contributed by atoms with Gasteiger partial charge in [0, 0.05) is 0 Å². The number of hydrogen-bond donors (Lipinski definition) is 0. The Labute approximate surface area is 116 Å². The minimum Gasteiger partial charge on any atom is -0.465 e. The molecule has 0 spiro atoms. The fraction of sp³-hybridized carbons (Fsp3) is 0.867. The van der Waals surface area contributed by atoms with Crippen LogP contribution < -0.4 is 0 Å². The standard InChI is InChI=1S/C15H28O4/c1-6-8-18-14(16)12(5)13(10-11(3)4)15(17)19-9-7-2/h11-13H,6-10H2,1-5H3. The summed E-state index contributed by atoms with van der Waals surface area (Å²) in [5, 5.41) is 0. The van der Waals surface area contributed by atoms with E-state index < -0.39 is 11.8 Å². The Hall–Kier alpha value is -1.06. The Morgan fingerprint density at radius 1 is 0.895 bits per heavy atom. The third-order valence-corrected chi connectivity index (χ3v) is 2.90. The van der Waals surface area contributed by atoms with E-state index in [4.69, 9.17) is 9.47 Å². The first-order valence-corrected chi connectivity index (χ1v) is 7.27. The molecule has 4 nitrogen and oxygen atoms in total. The lowest BCUT2D eigenvalue weighted by atomic mass is 9.86. The third-order valence-electron chi connectivity index (χ3n) is 2.90. The smallest absolute Gasteiger partial charge is 0.309 e. The lowest BCUT2D eigenvalue weighted by Crippen LogP contribution is -2.32. The lowest BCUT2D eigenvalue weighted by Gasteiger charge is -2.22. The first kappa shape index (κ1) is 17.9. The van der Waals surface area contributed by atoms with E-state index in [2.05, 4.69) is 0 Å². The highest BCUT2D eigenvalue weighted by atomic mass is 16.5.